The lowest BCUT2D eigenvalue weighted by Crippen LogP contribution is -2.06. The number of methoxy groups -OCH3 is 1. The first-order valence-electron chi connectivity index (χ1n) is 4.05. The van der Waals surface area contributed by atoms with Gasteiger partial charge in [-0.15, -0.1) is 0 Å². The van der Waals surface area contributed by atoms with Crippen molar-refractivity contribution < 1.29 is 14.3 Å². The second-order valence-electron chi connectivity index (χ2n) is 2.85. The third-order valence-corrected chi connectivity index (χ3v) is 1.86. The van der Waals surface area contributed by atoms with Crippen molar-refractivity contribution in [3.05, 3.63) is 29.3 Å². The van der Waals surface area contributed by atoms with E-state index in [0.29, 0.717) is 5.56 Å². The maximum atomic E-state index is 11.1. The average molecular weight is 193 g/mol. The molecule has 0 fully saturated rings. The zero-order valence-electron chi connectivity index (χ0n) is 8.03. The van der Waals surface area contributed by atoms with E-state index < -0.39 is 5.97 Å². The predicted octanol–water partition coefficient (Wildman–Crippen LogP) is 1.26. The van der Waals surface area contributed by atoms with Gasteiger partial charge in [0.15, 0.2) is 5.78 Å². The van der Waals surface area contributed by atoms with E-state index in [4.69, 9.17) is 5.73 Å². The Morgan fingerprint density at radius 2 is 2.00 bits per heavy atom. The molecular formula is C10H11NO3. The molecule has 2 N–H and O–H groups in total. The van der Waals surface area contributed by atoms with Crippen molar-refractivity contribution in [1.82, 2.24) is 0 Å². The normalized spacial score (nSPS) is 9.57. The molecule has 1 rings (SSSR count). The average Bonchev–Trinajstić information content (AvgIpc) is 2.16. The number of anilines is 1. The van der Waals surface area contributed by atoms with Gasteiger partial charge in [0.1, 0.15) is 0 Å². The van der Waals surface area contributed by atoms with Crippen molar-refractivity contribution in [2.24, 2.45) is 0 Å². The molecule has 0 heterocycles. The number of ketones is 1. The van der Waals surface area contributed by atoms with Crippen LogP contribution in [0, 0.1) is 0 Å². The summed E-state index contributed by atoms with van der Waals surface area (Å²) in [6, 6.07) is 4.50. The summed E-state index contributed by atoms with van der Waals surface area (Å²) in [5.41, 5.74) is 6.59. The van der Waals surface area contributed by atoms with Crippen LogP contribution in [0.4, 0.5) is 5.69 Å². The Labute approximate surface area is 81.7 Å². The lowest BCUT2D eigenvalue weighted by molar-refractivity contribution is 0.0601. The second kappa shape index (κ2) is 3.91. The van der Waals surface area contributed by atoms with E-state index in [9.17, 15) is 9.59 Å². The van der Waals surface area contributed by atoms with Gasteiger partial charge in [-0.1, -0.05) is 6.07 Å². The number of benzene rings is 1. The zero-order valence-corrected chi connectivity index (χ0v) is 8.03. The van der Waals surface area contributed by atoms with Crippen molar-refractivity contribution in [1.29, 1.82) is 0 Å². The topological polar surface area (TPSA) is 69.4 Å². The van der Waals surface area contributed by atoms with Crippen LogP contribution in [0.25, 0.3) is 0 Å². The molecule has 14 heavy (non-hydrogen) atoms. The number of ether oxygens (including phenoxy) is 1. The van der Waals surface area contributed by atoms with Crippen molar-refractivity contribution in [3.8, 4) is 0 Å². The smallest absolute Gasteiger partial charge is 0.339 e. The minimum Gasteiger partial charge on any atom is -0.465 e. The Kier molecular flexibility index (Phi) is 2.86. The fraction of sp³-hybridized carbons (Fsp3) is 0.200. The van der Waals surface area contributed by atoms with Crippen molar-refractivity contribution >= 4 is 17.4 Å². The molecule has 0 aliphatic heterocycles. The summed E-state index contributed by atoms with van der Waals surface area (Å²) in [4.78, 5) is 22.1. The summed E-state index contributed by atoms with van der Waals surface area (Å²) >= 11 is 0. The minimum atomic E-state index is -0.502. The number of Topliss-reactive ketones (excluding diaryl/α,β-unsaturated/α-hetero) is 1. The Balaban J connectivity index is 3.14. The number of nitrogen functional groups attached to an aromatic ring is 1. The highest BCUT2D eigenvalue weighted by molar-refractivity contribution is 5.99. The van der Waals surface area contributed by atoms with Crippen molar-refractivity contribution in [2.75, 3.05) is 12.8 Å². The summed E-state index contributed by atoms with van der Waals surface area (Å²) in [5.74, 6) is -0.592. The van der Waals surface area contributed by atoms with E-state index in [0.717, 1.165) is 0 Å². The molecule has 0 atom stereocenters. The molecule has 0 saturated heterocycles. The number of hydrogen-bond donors (Lipinski definition) is 1. The Bertz CT molecular complexity index is 385. The number of carbonyl (C=O) groups excluding carboxylic acids is 2. The fourth-order valence-electron chi connectivity index (χ4n) is 1.08. The molecule has 0 bridgehead atoms. The third-order valence-electron chi connectivity index (χ3n) is 1.86. The molecule has 0 saturated carbocycles. The molecule has 1 aromatic carbocycles. The number of carbonyl (C=O) groups is 2. The minimum absolute atomic E-state index is 0.0897. The lowest BCUT2D eigenvalue weighted by atomic mass is 10.1. The van der Waals surface area contributed by atoms with Crippen LogP contribution in [-0.2, 0) is 4.74 Å². The summed E-state index contributed by atoms with van der Waals surface area (Å²) < 4.78 is 4.51. The number of nitrogens with two attached hydrogens (primary N) is 1. The summed E-state index contributed by atoms with van der Waals surface area (Å²) in [6.07, 6.45) is 0. The van der Waals surface area contributed by atoms with E-state index in [1.54, 1.807) is 6.07 Å². The van der Waals surface area contributed by atoms with Gasteiger partial charge < -0.3 is 10.5 Å². The van der Waals surface area contributed by atoms with Crippen LogP contribution >= 0.6 is 0 Å². The van der Waals surface area contributed by atoms with Gasteiger partial charge >= 0.3 is 5.97 Å². The summed E-state index contributed by atoms with van der Waals surface area (Å²) in [6.45, 7) is 1.44. The van der Waals surface area contributed by atoms with Crippen LogP contribution in [0.2, 0.25) is 0 Å². The van der Waals surface area contributed by atoms with E-state index in [2.05, 4.69) is 4.74 Å². The number of hydrogen-bond acceptors (Lipinski definition) is 4. The Morgan fingerprint density at radius 3 is 2.43 bits per heavy atom. The van der Waals surface area contributed by atoms with E-state index >= 15 is 0 Å². The highest BCUT2D eigenvalue weighted by Crippen LogP contribution is 2.15. The van der Waals surface area contributed by atoms with Crippen LogP contribution in [-0.4, -0.2) is 18.9 Å². The van der Waals surface area contributed by atoms with E-state index in [1.165, 1.54) is 26.2 Å². The molecule has 1 aromatic rings. The molecule has 4 nitrogen and oxygen atoms in total. The first kappa shape index (κ1) is 10.2. The SMILES string of the molecule is COC(=O)c1ccc(C(C)=O)cc1N. The number of rotatable bonds is 2. The van der Waals surface area contributed by atoms with Crippen LogP contribution < -0.4 is 5.73 Å². The second-order valence-corrected chi connectivity index (χ2v) is 2.85. The van der Waals surface area contributed by atoms with Gasteiger partial charge in [-0.05, 0) is 19.1 Å². The molecule has 0 spiro atoms. The summed E-state index contributed by atoms with van der Waals surface area (Å²) in [5, 5.41) is 0. The highest BCUT2D eigenvalue weighted by Gasteiger charge is 2.10. The van der Waals surface area contributed by atoms with Crippen LogP contribution in [0.15, 0.2) is 18.2 Å². The highest BCUT2D eigenvalue weighted by atomic mass is 16.5. The van der Waals surface area contributed by atoms with Gasteiger partial charge in [0.25, 0.3) is 0 Å². The van der Waals surface area contributed by atoms with Gasteiger partial charge in [-0.25, -0.2) is 4.79 Å². The molecule has 0 unspecified atom stereocenters. The fourth-order valence-corrected chi connectivity index (χ4v) is 1.08. The molecule has 4 heteroatoms. The van der Waals surface area contributed by atoms with Gasteiger partial charge in [-0.3, -0.25) is 4.79 Å². The Hall–Kier alpha value is -1.84. The predicted molar refractivity (Wildman–Crippen MR) is 52.2 cm³/mol. The van der Waals surface area contributed by atoms with E-state index in [-0.39, 0.29) is 17.0 Å². The summed E-state index contributed by atoms with van der Waals surface area (Å²) in [7, 11) is 1.28. The maximum absolute atomic E-state index is 11.1. The molecule has 0 aliphatic carbocycles. The monoisotopic (exact) mass is 193 g/mol. The van der Waals surface area contributed by atoms with Crippen LogP contribution in [0.1, 0.15) is 27.6 Å². The zero-order chi connectivity index (χ0) is 10.7. The quantitative estimate of drug-likeness (QED) is 0.436. The largest absolute Gasteiger partial charge is 0.465 e. The van der Waals surface area contributed by atoms with Gasteiger partial charge in [0.05, 0.1) is 12.7 Å². The first-order chi connectivity index (χ1) is 6.56. The number of esters is 1. The molecule has 0 aromatic heterocycles. The van der Waals surface area contributed by atoms with Gasteiger partial charge in [0, 0.05) is 11.3 Å². The van der Waals surface area contributed by atoms with Crippen LogP contribution in [0.3, 0.4) is 0 Å². The molecule has 0 radical (unpaired) electrons. The molecular weight excluding hydrogens is 182 g/mol. The van der Waals surface area contributed by atoms with Crippen molar-refractivity contribution in [3.63, 3.8) is 0 Å². The van der Waals surface area contributed by atoms with Crippen LogP contribution in [0.5, 0.6) is 0 Å². The standard InChI is InChI=1S/C10H11NO3/c1-6(12)7-3-4-8(9(11)5-7)10(13)14-2/h3-5H,11H2,1-2H3. The maximum Gasteiger partial charge on any atom is 0.339 e. The molecule has 74 valence electrons. The van der Waals surface area contributed by atoms with Gasteiger partial charge in [0.2, 0.25) is 0 Å². The Morgan fingerprint density at radius 1 is 1.36 bits per heavy atom. The van der Waals surface area contributed by atoms with Gasteiger partial charge in [-0.2, -0.15) is 0 Å². The van der Waals surface area contributed by atoms with Crippen molar-refractivity contribution in [2.45, 2.75) is 6.92 Å². The molecule has 0 amide bonds. The molecule has 0 aliphatic rings. The first-order valence-corrected chi connectivity index (χ1v) is 4.05. The lowest BCUT2D eigenvalue weighted by Gasteiger charge is -2.04. The van der Waals surface area contributed by atoms with E-state index in [1.807, 2.05) is 0 Å². The third kappa shape index (κ3) is 1.90.